The van der Waals surface area contributed by atoms with Crippen molar-refractivity contribution in [3.63, 3.8) is 0 Å². The van der Waals surface area contributed by atoms with Crippen LogP contribution in [0.1, 0.15) is 34.9 Å². The third-order valence-electron chi connectivity index (χ3n) is 8.12. The molecule has 1 unspecified atom stereocenters. The number of hydrogen-bond donors (Lipinski definition) is 1. The summed E-state index contributed by atoms with van der Waals surface area (Å²) in [6.45, 7) is 2.35. The summed E-state index contributed by atoms with van der Waals surface area (Å²) in [6, 6.07) is 25.6. The molecule has 0 aliphatic carbocycles. The predicted octanol–water partition coefficient (Wildman–Crippen LogP) is 5.15. The summed E-state index contributed by atoms with van der Waals surface area (Å²) >= 11 is 4.78. The minimum atomic E-state index is -2.33. The first-order valence-corrected chi connectivity index (χ1v) is 20.2. The van der Waals surface area contributed by atoms with Gasteiger partial charge < -0.3 is 0 Å². The van der Waals surface area contributed by atoms with Crippen molar-refractivity contribution in [2.24, 2.45) is 0 Å². The number of aryl methyl sites for hydroxylation is 1. The summed E-state index contributed by atoms with van der Waals surface area (Å²) in [5, 5.41) is -2.33. The van der Waals surface area contributed by atoms with Gasteiger partial charge in [0, 0.05) is 0 Å². The fourth-order valence-electron chi connectivity index (χ4n) is 5.78. The molecule has 6 rings (SSSR count). The quantitative estimate of drug-likeness (QED) is 0.127. The molecule has 0 amide bonds. The Balaban J connectivity index is 1.42. The molecule has 10 nitrogen and oxygen atoms in total. The number of H-pyrrole nitrogens is 1. The van der Waals surface area contributed by atoms with Crippen molar-refractivity contribution in [3.05, 3.63) is 128 Å². The van der Waals surface area contributed by atoms with Crippen molar-refractivity contribution in [1.82, 2.24) is 9.55 Å². The van der Waals surface area contributed by atoms with Crippen molar-refractivity contribution in [2.75, 3.05) is 33.2 Å². The number of nitrogens with one attached hydrogen (secondary N) is 1. The van der Waals surface area contributed by atoms with E-state index < -0.39 is 40.5 Å². The van der Waals surface area contributed by atoms with Crippen LogP contribution >= 0.6 is 16.5 Å². The first kappa shape index (κ1) is 33.0. The standard InChI is InChI=1S/C33H35N2O8PSSe/c1-22-20-35(32(37)34-31(22)36)30-19-28(43-44(46)41-17-18-45-44)29(42-30)21-40-33(23-7-5-4-6-8-23,24-9-13-26(38-2)14-10-24)25-11-15-27(39-3)16-12-25/h4-16,20,28-30H,17-19,21H2,1-3H3,(H,34,36,37)/t28-,29+,30+,44?/m0/s1. The van der Waals surface area contributed by atoms with Gasteiger partial charge in [0.25, 0.3) is 0 Å². The SMILES string of the molecule is COc1ccc(C(OC[C@H]2O[C@@H](n3cc(C)c(=O)[nH]c3=O)C[C@@H]2OP2(=[Se])OCCS2)(c2ccccc2)c2ccc(OC)cc2)cc1. The predicted molar refractivity (Wildman–Crippen MR) is 179 cm³/mol. The van der Waals surface area contributed by atoms with Crippen molar-refractivity contribution in [1.29, 1.82) is 0 Å². The van der Waals surface area contributed by atoms with Crippen LogP contribution in [0.4, 0.5) is 0 Å². The summed E-state index contributed by atoms with van der Waals surface area (Å²) in [5.41, 5.74) is 1.04. The molecule has 2 fully saturated rings. The van der Waals surface area contributed by atoms with E-state index in [2.05, 4.69) is 20.1 Å². The monoisotopic (exact) mass is 730 g/mol. The fourth-order valence-corrected chi connectivity index (χ4v) is 11.8. The summed E-state index contributed by atoms with van der Waals surface area (Å²) in [5.74, 6) is 2.27. The van der Waals surface area contributed by atoms with Crippen molar-refractivity contribution >= 4 is 31.6 Å². The van der Waals surface area contributed by atoms with Crippen molar-refractivity contribution in [3.8, 4) is 11.5 Å². The van der Waals surface area contributed by atoms with Gasteiger partial charge in [0.05, 0.1) is 14.2 Å². The van der Waals surface area contributed by atoms with Crippen LogP contribution in [0, 0.1) is 6.92 Å². The van der Waals surface area contributed by atoms with Crippen LogP contribution in [-0.2, 0) is 24.1 Å². The molecule has 0 bridgehead atoms. The molecule has 2 aliphatic rings. The molecule has 0 radical (unpaired) electrons. The summed E-state index contributed by atoms with van der Waals surface area (Å²) in [4.78, 5) is 27.4. The van der Waals surface area contributed by atoms with Crippen LogP contribution in [-0.4, -0.2) is 70.0 Å². The first-order chi connectivity index (χ1) is 22.2. The number of aromatic nitrogens is 2. The Morgan fingerprint density at radius 2 is 1.57 bits per heavy atom. The molecule has 1 aromatic heterocycles. The first-order valence-electron chi connectivity index (χ1n) is 14.8. The van der Waals surface area contributed by atoms with E-state index in [4.69, 9.17) is 28.0 Å². The van der Waals surface area contributed by atoms with Gasteiger partial charge in [-0.1, -0.05) is 0 Å². The van der Waals surface area contributed by atoms with Gasteiger partial charge in [0.2, 0.25) is 0 Å². The normalized spacial score (nSPS) is 23.0. The minimum absolute atomic E-state index is 0.107. The molecule has 4 aromatic rings. The molecular weight excluding hydrogens is 694 g/mol. The van der Waals surface area contributed by atoms with Gasteiger partial charge in [-0.25, -0.2) is 0 Å². The second-order valence-electron chi connectivity index (χ2n) is 10.9. The molecule has 242 valence electrons. The zero-order valence-electron chi connectivity index (χ0n) is 25.6. The van der Waals surface area contributed by atoms with Gasteiger partial charge in [0.1, 0.15) is 0 Å². The number of rotatable bonds is 11. The second-order valence-corrected chi connectivity index (χ2v) is 19.8. The van der Waals surface area contributed by atoms with Gasteiger partial charge in [-0.3, -0.25) is 0 Å². The molecule has 13 heteroatoms. The van der Waals surface area contributed by atoms with Gasteiger partial charge in [0.15, 0.2) is 0 Å². The van der Waals surface area contributed by atoms with E-state index in [1.807, 2.05) is 78.9 Å². The Bertz CT molecular complexity index is 1760. The van der Waals surface area contributed by atoms with E-state index in [1.54, 1.807) is 32.5 Å². The van der Waals surface area contributed by atoms with Crippen LogP contribution in [0.2, 0.25) is 0 Å². The van der Waals surface area contributed by atoms with Gasteiger partial charge in [-0.05, 0) is 0 Å². The third-order valence-corrected chi connectivity index (χ3v) is 15.1. The molecule has 1 N–H and O–H groups in total. The Hall–Kier alpha value is -2.92. The van der Waals surface area contributed by atoms with E-state index in [1.165, 1.54) is 10.8 Å². The van der Waals surface area contributed by atoms with Crippen LogP contribution < -0.4 is 20.7 Å². The van der Waals surface area contributed by atoms with E-state index >= 15 is 0 Å². The summed E-state index contributed by atoms with van der Waals surface area (Å²) in [7, 11) is 3.27. The number of aromatic amines is 1. The Labute approximate surface area is 278 Å². The zero-order chi connectivity index (χ0) is 32.3. The summed E-state index contributed by atoms with van der Waals surface area (Å²) < 4.78 is 38.7. The number of methoxy groups -OCH3 is 2. The van der Waals surface area contributed by atoms with E-state index in [-0.39, 0.29) is 6.61 Å². The topological polar surface area (TPSA) is 110 Å². The van der Waals surface area contributed by atoms with E-state index in [9.17, 15) is 9.59 Å². The molecule has 0 saturated carbocycles. The molecule has 0 spiro atoms. The van der Waals surface area contributed by atoms with E-state index in [0.29, 0.717) is 18.6 Å². The zero-order valence-corrected chi connectivity index (χ0v) is 29.0. The number of hydrogen-bond acceptors (Lipinski definition) is 9. The molecule has 46 heavy (non-hydrogen) atoms. The van der Waals surface area contributed by atoms with Crippen molar-refractivity contribution in [2.45, 2.75) is 37.4 Å². The van der Waals surface area contributed by atoms with Crippen LogP contribution in [0.5, 0.6) is 11.5 Å². The number of nitrogens with zero attached hydrogens (tertiary/aromatic N) is 1. The average Bonchev–Trinajstić information content (AvgIpc) is 3.69. The van der Waals surface area contributed by atoms with Crippen LogP contribution in [0.3, 0.4) is 0 Å². The second kappa shape index (κ2) is 14.1. The van der Waals surface area contributed by atoms with Gasteiger partial charge >= 0.3 is 265 Å². The Morgan fingerprint density at radius 3 is 2.13 bits per heavy atom. The molecule has 3 heterocycles. The Morgan fingerprint density at radius 1 is 0.957 bits per heavy atom. The fraction of sp³-hybridized carbons (Fsp3) is 0.333. The van der Waals surface area contributed by atoms with Crippen LogP contribution in [0.25, 0.3) is 0 Å². The maximum absolute atomic E-state index is 12.9. The van der Waals surface area contributed by atoms with Crippen LogP contribution in [0.15, 0.2) is 94.6 Å². The molecular formula is C33H35N2O8PSSe. The molecule has 2 aliphatic heterocycles. The van der Waals surface area contributed by atoms with Gasteiger partial charge in [-0.2, -0.15) is 0 Å². The van der Waals surface area contributed by atoms with Crippen molar-refractivity contribution < 1.29 is 28.0 Å². The summed E-state index contributed by atoms with van der Waals surface area (Å²) in [6.07, 6.45) is 0.145. The van der Waals surface area contributed by atoms with E-state index in [0.717, 1.165) is 33.9 Å². The average molecular weight is 730 g/mol. The molecule has 4 atom stereocenters. The third kappa shape index (κ3) is 6.72. The number of benzene rings is 3. The number of ether oxygens (including phenoxy) is 4. The maximum atomic E-state index is 12.9. The van der Waals surface area contributed by atoms with Gasteiger partial charge in [-0.15, -0.1) is 0 Å². The Kier molecular flexibility index (Phi) is 10.1. The molecule has 3 aromatic carbocycles. The molecule has 2 saturated heterocycles.